The van der Waals surface area contributed by atoms with Gasteiger partial charge in [0, 0.05) is 44.1 Å². The maximum atomic E-state index is 11.2. The Bertz CT molecular complexity index is 997. The van der Waals surface area contributed by atoms with Crippen molar-refractivity contribution in [1.29, 1.82) is 0 Å². The summed E-state index contributed by atoms with van der Waals surface area (Å²) in [6.45, 7) is 5.93. The monoisotopic (exact) mass is 348 g/mol. The van der Waals surface area contributed by atoms with Crippen molar-refractivity contribution >= 4 is 22.7 Å². The van der Waals surface area contributed by atoms with Crippen LogP contribution in [0.5, 0.6) is 0 Å². The number of nitrogens with zero attached hydrogens (tertiary/aromatic N) is 5. The average molecular weight is 348 g/mol. The summed E-state index contributed by atoms with van der Waals surface area (Å²) in [5, 5.41) is 6.69. The molecule has 2 aromatic heterocycles. The van der Waals surface area contributed by atoms with E-state index < -0.39 is 0 Å². The smallest absolute Gasteiger partial charge is 0.264 e. The molecule has 0 spiro atoms. The van der Waals surface area contributed by atoms with Crippen LogP contribution in [0.3, 0.4) is 0 Å². The van der Waals surface area contributed by atoms with Crippen molar-refractivity contribution in [2.45, 2.75) is 6.92 Å². The van der Waals surface area contributed by atoms with Crippen molar-refractivity contribution in [2.24, 2.45) is 11.8 Å². The topological polar surface area (TPSA) is 78.0 Å². The van der Waals surface area contributed by atoms with Crippen molar-refractivity contribution in [1.82, 2.24) is 20.2 Å². The molecule has 2 saturated heterocycles. The van der Waals surface area contributed by atoms with Gasteiger partial charge in [-0.2, -0.15) is 5.10 Å². The minimum atomic E-state index is -0.162. The molecule has 132 valence electrons. The van der Waals surface area contributed by atoms with Crippen molar-refractivity contribution in [3.05, 3.63) is 52.4 Å². The Hall–Kier alpha value is -2.96. The molecule has 0 aliphatic carbocycles. The first kappa shape index (κ1) is 15.3. The van der Waals surface area contributed by atoms with Gasteiger partial charge in [0.25, 0.3) is 5.56 Å². The zero-order chi connectivity index (χ0) is 17.7. The van der Waals surface area contributed by atoms with Gasteiger partial charge >= 0.3 is 0 Å². The number of aromatic nitrogens is 4. The third-order valence-corrected chi connectivity index (χ3v) is 5.49. The van der Waals surface area contributed by atoms with Gasteiger partial charge in [0.05, 0.1) is 16.7 Å². The van der Waals surface area contributed by atoms with Crippen LogP contribution >= 0.6 is 0 Å². The number of rotatable bonds is 2. The maximum Gasteiger partial charge on any atom is 0.264 e. The van der Waals surface area contributed by atoms with E-state index >= 15 is 0 Å². The van der Waals surface area contributed by atoms with E-state index in [2.05, 4.69) is 20.0 Å². The zero-order valence-electron chi connectivity index (χ0n) is 14.6. The van der Waals surface area contributed by atoms with Crippen LogP contribution in [0, 0.1) is 18.8 Å². The van der Waals surface area contributed by atoms with Crippen LogP contribution in [0.1, 0.15) is 5.69 Å². The van der Waals surface area contributed by atoms with Crippen LogP contribution in [-0.2, 0) is 0 Å². The van der Waals surface area contributed by atoms with Crippen LogP contribution in [0.2, 0.25) is 0 Å². The molecule has 2 aliphatic heterocycles. The SMILES string of the molecule is Cc1nc2ccccc2nc1N1CC2CN(c3ccc(=O)[nH]n3)CC2C1. The normalized spacial score (nSPS) is 22.2. The van der Waals surface area contributed by atoms with E-state index in [0.717, 1.165) is 54.5 Å². The van der Waals surface area contributed by atoms with E-state index in [1.165, 1.54) is 6.07 Å². The summed E-state index contributed by atoms with van der Waals surface area (Å²) in [6, 6.07) is 11.4. The van der Waals surface area contributed by atoms with E-state index in [1.807, 2.05) is 31.2 Å². The van der Waals surface area contributed by atoms with Crippen LogP contribution in [0.25, 0.3) is 11.0 Å². The predicted molar refractivity (Wildman–Crippen MR) is 101 cm³/mol. The number of H-pyrrole nitrogens is 1. The van der Waals surface area contributed by atoms with Gasteiger partial charge in [0.2, 0.25) is 0 Å². The molecule has 1 aromatic carbocycles. The summed E-state index contributed by atoms with van der Waals surface area (Å²) in [5.41, 5.74) is 2.72. The Kier molecular flexibility index (Phi) is 3.41. The number of anilines is 2. The molecule has 2 aliphatic rings. The lowest BCUT2D eigenvalue weighted by molar-refractivity contribution is 0.533. The molecule has 2 fully saturated rings. The van der Waals surface area contributed by atoms with E-state index in [1.54, 1.807) is 6.07 Å². The molecule has 0 bridgehead atoms. The third-order valence-electron chi connectivity index (χ3n) is 5.49. The minimum Gasteiger partial charge on any atom is -0.354 e. The summed E-state index contributed by atoms with van der Waals surface area (Å²) in [6.07, 6.45) is 0. The number of aryl methyl sites for hydroxylation is 1. The molecule has 1 N–H and O–H groups in total. The van der Waals surface area contributed by atoms with E-state index in [9.17, 15) is 4.79 Å². The Morgan fingerprint density at radius 2 is 1.58 bits per heavy atom. The van der Waals surface area contributed by atoms with Crippen LogP contribution < -0.4 is 15.4 Å². The number of hydrogen-bond donors (Lipinski definition) is 1. The molecular weight excluding hydrogens is 328 g/mol. The highest BCUT2D eigenvalue weighted by molar-refractivity contribution is 5.76. The highest BCUT2D eigenvalue weighted by atomic mass is 16.1. The molecule has 5 rings (SSSR count). The second-order valence-corrected chi connectivity index (χ2v) is 7.23. The molecule has 0 radical (unpaired) electrons. The number of benzene rings is 1. The Morgan fingerprint density at radius 3 is 2.23 bits per heavy atom. The Balaban J connectivity index is 1.36. The van der Waals surface area contributed by atoms with Crippen molar-refractivity contribution in [2.75, 3.05) is 36.0 Å². The minimum absolute atomic E-state index is 0.162. The lowest BCUT2D eigenvalue weighted by atomic mass is 10.0. The molecule has 2 atom stereocenters. The van der Waals surface area contributed by atoms with Gasteiger partial charge in [-0.25, -0.2) is 15.1 Å². The number of para-hydroxylation sites is 2. The molecule has 2 unspecified atom stereocenters. The molecule has 3 aromatic rings. The second kappa shape index (κ2) is 5.79. The van der Waals surface area contributed by atoms with E-state index in [0.29, 0.717) is 11.8 Å². The summed E-state index contributed by atoms with van der Waals surface area (Å²) in [4.78, 5) is 25.4. The molecule has 4 heterocycles. The molecule has 7 heteroatoms. The maximum absolute atomic E-state index is 11.2. The van der Waals surface area contributed by atoms with Gasteiger partial charge in [0.1, 0.15) is 5.82 Å². The lowest BCUT2D eigenvalue weighted by Gasteiger charge is -2.23. The van der Waals surface area contributed by atoms with E-state index in [-0.39, 0.29) is 5.56 Å². The van der Waals surface area contributed by atoms with Crippen molar-refractivity contribution < 1.29 is 0 Å². The lowest BCUT2D eigenvalue weighted by Crippen LogP contribution is -2.30. The summed E-state index contributed by atoms with van der Waals surface area (Å²) >= 11 is 0. The fourth-order valence-electron chi connectivity index (χ4n) is 4.24. The van der Waals surface area contributed by atoms with Crippen LogP contribution in [0.4, 0.5) is 11.6 Å². The number of fused-ring (bicyclic) bond motifs is 2. The highest BCUT2D eigenvalue weighted by Crippen LogP contribution is 2.35. The standard InChI is InChI=1S/C19H20N6O/c1-12-19(21-16-5-3-2-4-15(16)20-12)25-10-13-8-24(9-14(13)11-25)17-6-7-18(26)23-22-17/h2-7,13-14H,8-11H2,1H3,(H,23,26). The van der Waals surface area contributed by atoms with E-state index in [4.69, 9.17) is 9.97 Å². The largest absolute Gasteiger partial charge is 0.354 e. The molecule has 7 nitrogen and oxygen atoms in total. The fraction of sp³-hybridized carbons (Fsp3) is 0.368. The van der Waals surface area contributed by atoms with Crippen molar-refractivity contribution in [3.63, 3.8) is 0 Å². The van der Waals surface area contributed by atoms with Gasteiger partial charge < -0.3 is 9.80 Å². The predicted octanol–water partition coefficient (Wildman–Crippen LogP) is 1.59. The summed E-state index contributed by atoms with van der Waals surface area (Å²) < 4.78 is 0. The van der Waals surface area contributed by atoms with Crippen molar-refractivity contribution in [3.8, 4) is 0 Å². The first-order valence-electron chi connectivity index (χ1n) is 8.96. The van der Waals surface area contributed by atoms with Gasteiger partial charge in [-0.3, -0.25) is 4.79 Å². The van der Waals surface area contributed by atoms with Crippen LogP contribution in [-0.4, -0.2) is 46.3 Å². The van der Waals surface area contributed by atoms with Gasteiger partial charge in [-0.15, -0.1) is 0 Å². The summed E-state index contributed by atoms with van der Waals surface area (Å²) in [5.74, 6) is 3.02. The second-order valence-electron chi connectivity index (χ2n) is 7.23. The molecule has 26 heavy (non-hydrogen) atoms. The fourth-order valence-corrected chi connectivity index (χ4v) is 4.24. The average Bonchev–Trinajstić information content (AvgIpc) is 3.21. The molecule has 0 amide bonds. The molecule has 0 saturated carbocycles. The first-order valence-corrected chi connectivity index (χ1v) is 8.96. The zero-order valence-corrected chi connectivity index (χ0v) is 14.6. The van der Waals surface area contributed by atoms with Crippen LogP contribution in [0.15, 0.2) is 41.2 Å². The molecular formula is C19H20N6O. The number of aromatic amines is 1. The quantitative estimate of drug-likeness (QED) is 0.758. The van der Waals surface area contributed by atoms with Gasteiger partial charge in [0.15, 0.2) is 5.82 Å². The Morgan fingerprint density at radius 1 is 0.923 bits per heavy atom. The number of nitrogens with one attached hydrogen (secondary N) is 1. The first-order chi connectivity index (χ1) is 12.7. The third kappa shape index (κ3) is 2.51. The Labute approximate surface area is 150 Å². The van der Waals surface area contributed by atoms with Gasteiger partial charge in [-0.1, -0.05) is 12.1 Å². The number of hydrogen-bond acceptors (Lipinski definition) is 6. The summed E-state index contributed by atoms with van der Waals surface area (Å²) in [7, 11) is 0. The van der Waals surface area contributed by atoms with Gasteiger partial charge in [-0.05, 0) is 25.1 Å². The highest BCUT2D eigenvalue weighted by Gasteiger charge is 2.41.